The molecular weight excluding hydrogens is 230 g/mol. The molecule has 1 heterocycles. The monoisotopic (exact) mass is 241 g/mol. The van der Waals surface area contributed by atoms with Crippen LogP contribution in [0.25, 0.3) is 0 Å². The number of nitrogens with zero attached hydrogens (tertiary/aromatic N) is 2. The smallest absolute Gasteiger partial charge is 0.321 e. The predicted octanol–water partition coefficient (Wildman–Crippen LogP) is 2.39. The zero-order chi connectivity index (χ0) is 12.8. The summed E-state index contributed by atoms with van der Waals surface area (Å²) in [7, 11) is 0. The standard InChI is InChI=1S/C13H11N3O2/c1-2-12(17)16-10-4-6-11(7-5-10)18-13-14-8-3-9-15-13/h2-9H,1H2,(H,16,17). The van der Waals surface area contributed by atoms with Crippen LogP contribution >= 0.6 is 0 Å². The van der Waals surface area contributed by atoms with E-state index in [4.69, 9.17) is 4.74 Å². The predicted molar refractivity (Wildman–Crippen MR) is 67.4 cm³/mol. The highest BCUT2D eigenvalue weighted by Crippen LogP contribution is 2.19. The summed E-state index contributed by atoms with van der Waals surface area (Å²) in [5.74, 6) is 0.341. The third-order valence-corrected chi connectivity index (χ3v) is 2.06. The van der Waals surface area contributed by atoms with Crippen LogP contribution in [-0.4, -0.2) is 15.9 Å². The number of rotatable bonds is 4. The van der Waals surface area contributed by atoms with E-state index in [0.717, 1.165) is 0 Å². The Bertz CT molecular complexity index is 538. The van der Waals surface area contributed by atoms with Crippen molar-refractivity contribution in [1.82, 2.24) is 9.97 Å². The molecule has 1 amide bonds. The molecule has 1 aromatic carbocycles. The summed E-state index contributed by atoms with van der Waals surface area (Å²) in [4.78, 5) is 19.0. The molecular formula is C13H11N3O2. The zero-order valence-corrected chi connectivity index (χ0v) is 9.54. The number of nitrogens with one attached hydrogen (secondary N) is 1. The molecule has 0 spiro atoms. The quantitative estimate of drug-likeness (QED) is 0.835. The fourth-order valence-corrected chi connectivity index (χ4v) is 1.24. The molecule has 0 atom stereocenters. The van der Waals surface area contributed by atoms with Crippen LogP contribution < -0.4 is 10.1 Å². The average molecular weight is 241 g/mol. The SMILES string of the molecule is C=CC(=O)Nc1ccc(Oc2ncccn2)cc1. The summed E-state index contributed by atoms with van der Waals surface area (Å²) in [6.07, 6.45) is 4.41. The van der Waals surface area contributed by atoms with Crippen molar-refractivity contribution in [2.75, 3.05) is 5.32 Å². The first-order chi connectivity index (χ1) is 8.78. The van der Waals surface area contributed by atoms with Crippen molar-refractivity contribution in [3.05, 3.63) is 55.4 Å². The molecule has 0 aliphatic carbocycles. The van der Waals surface area contributed by atoms with Crippen molar-refractivity contribution in [3.63, 3.8) is 0 Å². The van der Waals surface area contributed by atoms with Gasteiger partial charge in [-0.1, -0.05) is 6.58 Å². The minimum absolute atomic E-state index is 0.255. The molecule has 5 heteroatoms. The molecule has 1 N–H and O–H groups in total. The molecule has 0 aliphatic rings. The normalized spacial score (nSPS) is 9.56. The van der Waals surface area contributed by atoms with Gasteiger partial charge in [0.25, 0.3) is 0 Å². The van der Waals surface area contributed by atoms with Crippen molar-refractivity contribution < 1.29 is 9.53 Å². The maximum Gasteiger partial charge on any atom is 0.321 e. The highest BCUT2D eigenvalue weighted by Gasteiger charge is 2.00. The Balaban J connectivity index is 2.04. The third kappa shape index (κ3) is 3.15. The summed E-state index contributed by atoms with van der Waals surface area (Å²) in [6.45, 7) is 3.38. The molecule has 0 radical (unpaired) electrons. The van der Waals surface area contributed by atoms with Gasteiger partial charge in [0.15, 0.2) is 0 Å². The van der Waals surface area contributed by atoms with Crippen LogP contribution in [0.1, 0.15) is 0 Å². The summed E-state index contributed by atoms with van der Waals surface area (Å²) in [5, 5.41) is 2.64. The highest BCUT2D eigenvalue weighted by atomic mass is 16.5. The van der Waals surface area contributed by atoms with E-state index in [-0.39, 0.29) is 11.9 Å². The Morgan fingerprint density at radius 2 is 1.89 bits per heavy atom. The Morgan fingerprint density at radius 3 is 2.50 bits per heavy atom. The molecule has 90 valence electrons. The van der Waals surface area contributed by atoms with Crippen LogP contribution in [0.15, 0.2) is 55.4 Å². The van der Waals surface area contributed by atoms with Gasteiger partial charge >= 0.3 is 6.01 Å². The lowest BCUT2D eigenvalue weighted by molar-refractivity contribution is -0.111. The molecule has 5 nitrogen and oxygen atoms in total. The van der Waals surface area contributed by atoms with Crippen molar-refractivity contribution in [2.24, 2.45) is 0 Å². The van der Waals surface area contributed by atoms with E-state index < -0.39 is 0 Å². The van der Waals surface area contributed by atoms with Crippen LogP contribution in [0.2, 0.25) is 0 Å². The number of anilines is 1. The number of benzene rings is 1. The van der Waals surface area contributed by atoms with E-state index in [9.17, 15) is 4.79 Å². The fraction of sp³-hybridized carbons (Fsp3) is 0. The highest BCUT2D eigenvalue weighted by molar-refractivity contribution is 5.98. The second-order valence-corrected chi connectivity index (χ2v) is 3.35. The fourth-order valence-electron chi connectivity index (χ4n) is 1.24. The molecule has 18 heavy (non-hydrogen) atoms. The molecule has 0 fully saturated rings. The van der Waals surface area contributed by atoms with Crippen molar-refractivity contribution >= 4 is 11.6 Å². The number of hydrogen-bond acceptors (Lipinski definition) is 4. The average Bonchev–Trinajstić information content (AvgIpc) is 2.42. The molecule has 0 saturated heterocycles. The number of carbonyl (C=O) groups is 1. The first-order valence-electron chi connectivity index (χ1n) is 5.26. The van der Waals surface area contributed by atoms with E-state index in [1.165, 1.54) is 6.08 Å². The molecule has 0 bridgehead atoms. The lowest BCUT2D eigenvalue weighted by Crippen LogP contribution is -2.06. The maximum atomic E-state index is 11.1. The van der Waals surface area contributed by atoms with Gasteiger partial charge in [0.1, 0.15) is 5.75 Å². The van der Waals surface area contributed by atoms with Crippen LogP contribution in [0.3, 0.4) is 0 Å². The summed E-state index contributed by atoms with van der Waals surface area (Å²) >= 11 is 0. The molecule has 0 saturated carbocycles. The first kappa shape index (κ1) is 11.8. The number of carbonyl (C=O) groups excluding carboxylic acids is 1. The minimum atomic E-state index is -0.255. The van der Waals surface area contributed by atoms with Crippen LogP contribution in [0, 0.1) is 0 Å². The van der Waals surface area contributed by atoms with Gasteiger partial charge in [0.05, 0.1) is 0 Å². The van der Waals surface area contributed by atoms with Gasteiger partial charge in [-0.05, 0) is 36.4 Å². The van der Waals surface area contributed by atoms with Crippen molar-refractivity contribution in [3.8, 4) is 11.8 Å². The number of ether oxygens (including phenoxy) is 1. The first-order valence-corrected chi connectivity index (χ1v) is 5.26. The van der Waals surface area contributed by atoms with Gasteiger partial charge in [-0.15, -0.1) is 0 Å². The van der Waals surface area contributed by atoms with Crippen LogP contribution in [-0.2, 0) is 4.79 Å². The van der Waals surface area contributed by atoms with Crippen molar-refractivity contribution in [2.45, 2.75) is 0 Å². The number of hydrogen-bond donors (Lipinski definition) is 1. The number of aromatic nitrogens is 2. The van der Waals surface area contributed by atoms with E-state index in [1.807, 2.05) is 0 Å². The van der Waals surface area contributed by atoms with E-state index in [0.29, 0.717) is 11.4 Å². The largest absolute Gasteiger partial charge is 0.424 e. The maximum absolute atomic E-state index is 11.1. The molecule has 2 aromatic rings. The lowest BCUT2D eigenvalue weighted by Gasteiger charge is -2.05. The van der Waals surface area contributed by atoms with E-state index in [1.54, 1.807) is 42.7 Å². The molecule has 0 aliphatic heterocycles. The van der Waals surface area contributed by atoms with Crippen LogP contribution in [0.5, 0.6) is 11.8 Å². The summed E-state index contributed by atoms with van der Waals surface area (Å²) in [5.41, 5.74) is 0.668. The van der Waals surface area contributed by atoms with Crippen LogP contribution in [0.4, 0.5) is 5.69 Å². The topological polar surface area (TPSA) is 64.1 Å². The molecule has 2 rings (SSSR count). The second kappa shape index (κ2) is 5.58. The molecule has 1 aromatic heterocycles. The zero-order valence-electron chi connectivity index (χ0n) is 9.54. The summed E-state index contributed by atoms with van der Waals surface area (Å²) < 4.78 is 5.41. The summed E-state index contributed by atoms with van der Waals surface area (Å²) in [6, 6.07) is 8.87. The minimum Gasteiger partial charge on any atom is -0.424 e. The third-order valence-electron chi connectivity index (χ3n) is 2.06. The Labute approximate surface area is 104 Å². The Morgan fingerprint density at radius 1 is 1.22 bits per heavy atom. The Kier molecular flexibility index (Phi) is 3.66. The van der Waals surface area contributed by atoms with Gasteiger partial charge < -0.3 is 10.1 Å². The van der Waals surface area contributed by atoms with Gasteiger partial charge in [-0.3, -0.25) is 4.79 Å². The van der Waals surface area contributed by atoms with Gasteiger partial charge in [0, 0.05) is 18.1 Å². The number of amides is 1. The van der Waals surface area contributed by atoms with Gasteiger partial charge in [0.2, 0.25) is 5.91 Å². The van der Waals surface area contributed by atoms with Crippen molar-refractivity contribution in [1.29, 1.82) is 0 Å². The Hall–Kier alpha value is -2.69. The lowest BCUT2D eigenvalue weighted by atomic mass is 10.3. The second-order valence-electron chi connectivity index (χ2n) is 3.35. The van der Waals surface area contributed by atoms with Gasteiger partial charge in [-0.2, -0.15) is 0 Å². The van der Waals surface area contributed by atoms with Gasteiger partial charge in [-0.25, -0.2) is 9.97 Å². The van der Waals surface area contributed by atoms with E-state index in [2.05, 4.69) is 21.9 Å². The van der Waals surface area contributed by atoms with E-state index >= 15 is 0 Å². The molecule has 0 unspecified atom stereocenters.